The van der Waals surface area contributed by atoms with E-state index in [1.165, 1.54) is 11.8 Å². The molecule has 0 bridgehead atoms. The highest BCUT2D eigenvalue weighted by atomic mass is 79.9. The van der Waals surface area contributed by atoms with E-state index in [9.17, 15) is 4.79 Å². The first-order valence-electron chi connectivity index (χ1n) is 9.40. The van der Waals surface area contributed by atoms with Crippen molar-refractivity contribution in [3.63, 3.8) is 0 Å². The molecule has 2 heterocycles. The minimum Gasteiger partial charge on any atom is -0.441 e. The van der Waals surface area contributed by atoms with Crippen LogP contribution in [0.3, 0.4) is 0 Å². The van der Waals surface area contributed by atoms with E-state index in [1.807, 2.05) is 49.4 Å². The first-order chi connectivity index (χ1) is 14.6. The summed E-state index contributed by atoms with van der Waals surface area (Å²) in [6, 6.07) is 15.3. The van der Waals surface area contributed by atoms with Gasteiger partial charge in [0.15, 0.2) is 5.16 Å². The average Bonchev–Trinajstić information content (AvgIpc) is 3.13. The van der Waals surface area contributed by atoms with Crippen LogP contribution in [0, 0.1) is 6.92 Å². The van der Waals surface area contributed by atoms with Crippen molar-refractivity contribution < 1.29 is 9.15 Å². The molecular weight excluding hydrogens is 466 g/mol. The summed E-state index contributed by atoms with van der Waals surface area (Å²) in [7, 11) is 1.62. The molecule has 0 aliphatic rings. The van der Waals surface area contributed by atoms with Crippen molar-refractivity contribution in [2.24, 2.45) is 0 Å². The Hall–Kier alpha value is -2.42. The number of thioether (sulfide) groups is 1. The molecule has 0 atom stereocenters. The summed E-state index contributed by atoms with van der Waals surface area (Å²) in [5.74, 6) is 1.90. The van der Waals surface area contributed by atoms with E-state index in [-0.39, 0.29) is 5.56 Å². The van der Waals surface area contributed by atoms with Crippen LogP contribution in [0.5, 0.6) is 0 Å². The molecule has 0 radical (unpaired) electrons. The summed E-state index contributed by atoms with van der Waals surface area (Å²) >= 11 is 4.90. The fourth-order valence-corrected chi connectivity index (χ4v) is 4.45. The molecule has 0 saturated carbocycles. The zero-order valence-corrected chi connectivity index (χ0v) is 19.0. The molecule has 30 heavy (non-hydrogen) atoms. The van der Waals surface area contributed by atoms with E-state index in [0.717, 1.165) is 21.5 Å². The molecule has 0 amide bonds. The summed E-state index contributed by atoms with van der Waals surface area (Å²) < 4.78 is 13.6. The Kier molecular flexibility index (Phi) is 6.36. The van der Waals surface area contributed by atoms with Crippen LogP contribution in [0.15, 0.2) is 67.4 Å². The van der Waals surface area contributed by atoms with Crippen molar-refractivity contribution in [1.29, 1.82) is 0 Å². The van der Waals surface area contributed by atoms with Crippen molar-refractivity contribution in [3.05, 3.63) is 74.8 Å². The quantitative estimate of drug-likeness (QED) is 0.269. The normalized spacial score (nSPS) is 11.3. The van der Waals surface area contributed by atoms with Crippen LogP contribution in [0.2, 0.25) is 0 Å². The van der Waals surface area contributed by atoms with E-state index in [2.05, 4.69) is 20.9 Å². The van der Waals surface area contributed by atoms with Crippen LogP contribution in [0.25, 0.3) is 22.4 Å². The lowest BCUT2D eigenvalue weighted by molar-refractivity contribution is 0.183. The third-order valence-electron chi connectivity index (χ3n) is 4.65. The molecule has 0 unspecified atom stereocenters. The number of nitrogens with zero attached hydrogens (tertiary/aromatic N) is 3. The van der Waals surface area contributed by atoms with Gasteiger partial charge in [0.05, 0.1) is 29.7 Å². The molecule has 0 aliphatic carbocycles. The first kappa shape index (κ1) is 20.8. The van der Waals surface area contributed by atoms with Crippen LogP contribution in [-0.2, 0) is 17.0 Å². The number of methoxy groups -OCH3 is 1. The Labute approximate surface area is 186 Å². The molecule has 0 aliphatic heterocycles. The summed E-state index contributed by atoms with van der Waals surface area (Å²) in [4.78, 5) is 22.5. The molecule has 154 valence electrons. The molecule has 2 aromatic heterocycles. The predicted molar refractivity (Wildman–Crippen MR) is 122 cm³/mol. The third-order valence-corrected chi connectivity index (χ3v) is 6.13. The van der Waals surface area contributed by atoms with Crippen LogP contribution in [0.1, 0.15) is 11.5 Å². The van der Waals surface area contributed by atoms with E-state index in [0.29, 0.717) is 40.9 Å². The van der Waals surface area contributed by atoms with E-state index in [1.54, 1.807) is 17.7 Å². The predicted octanol–water partition coefficient (Wildman–Crippen LogP) is 5.06. The number of benzene rings is 2. The monoisotopic (exact) mass is 485 g/mol. The van der Waals surface area contributed by atoms with Crippen LogP contribution in [-0.4, -0.2) is 28.3 Å². The standard InChI is InChI=1S/C22H20BrN3O3S/c1-14-19(24-20(29-14)15-6-4-3-5-7-15)13-30-22-25-18-9-8-16(23)12-17(18)21(27)26(22)10-11-28-2/h3-9,12H,10-11,13H2,1-2H3. The van der Waals surface area contributed by atoms with Gasteiger partial charge in [-0.1, -0.05) is 45.9 Å². The van der Waals surface area contributed by atoms with Gasteiger partial charge in [-0.05, 0) is 37.3 Å². The molecule has 0 spiro atoms. The van der Waals surface area contributed by atoms with Gasteiger partial charge in [-0.3, -0.25) is 9.36 Å². The number of oxazole rings is 1. The lowest BCUT2D eigenvalue weighted by Gasteiger charge is -2.12. The Balaban J connectivity index is 1.66. The van der Waals surface area contributed by atoms with E-state index < -0.39 is 0 Å². The number of hydrogen-bond donors (Lipinski definition) is 0. The second kappa shape index (κ2) is 9.16. The van der Waals surface area contributed by atoms with Crippen LogP contribution in [0.4, 0.5) is 0 Å². The highest BCUT2D eigenvalue weighted by Gasteiger charge is 2.16. The highest BCUT2D eigenvalue weighted by molar-refractivity contribution is 9.10. The summed E-state index contributed by atoms with van der Waals surface area (Å²) in [6.45, 7) is 2.76. The van der Waals surface area contributed by atoms with E-state index >= 15 is 0 Å². The third kappa shape index (κ3) is 4.35. The lowest BCUT2D eigenvalue weighted by Crippen LogP contribution is -2.25. The van der Waals surface area contributed by atoms with Gasteiger partial charge in [0.25, 0.3) is 5.56 Å². The molecular formula is C22H20BrN3O3S. The van der Waals surface area contributed by atoms with Crippen molar-refractivity contribution in [3.8, 4) is 11.5 Å². The second-order valence-electron chi connectivity index (χ2n) is 6.68. The van der Waals surface area contributed by atoms with Gasteiger partial charge < -0.3 is 9.15 Å². The van der Waals surface area contributed by atoms with Gasteiger partial charge in [0.2, 0.25) is 5.89 Å². The second-order valence-corrected chi connectivity index (χ2v) is 8.54. The van der Waals surface area contributed by atoms with Crippen LogP contribution >= 0.6 is 27.7 Å². The van der Waals surface area contributed by atoms with Crippen LogP contribution < -0.4 is 5.56 Å². The molecule has 2 aromatic carbocycles. The van der Waals surface area contributed by atoms with Gasteiger partial charge in [0.1, 0.15) is 5.76 Å². The Morgan fingerprint density at radius 3 is 2.73 bits per heavy atom. The number of ether oxygens (including phenoxy) is 1. The number of aromatic nitrogens is 3. The Bertz CT molecular complexity index is 1240. The molecule has 4 rings (SSSR count). The first-order valence-corrected chi connectivity index (χ1v) is 11.2. The van der Waals surface area contributed by atoms with E-state index in [4.69, 9.17) is 14.1 Å². The maximum absolute atomic E-state index is 13.1. The number of fused-ring (bicyclic) bond motifs is 1. The molecule has 0 saturated heterocycles. The largest absolute Gasteiger partial charge is 0.441 e. The van der Waals surface area contributed by atoms with Gasteiger partial charge in [-0.15, -0.1) is 0 Å². The van der Waals surface area contributed by atoms with Gasteiger partial charge in [0, 0.05) is 22.9 Å². The average molecular weight is 486 g/mol. The van der Waals surface area contributed by atoms with Gasteiger partial charge in [-0.2, -0.15) is 0 Å². The fraction of sp³-hybridized carbons (Fsp3) is 0.227. The Morgan fingerprint density at radius 1 is 1.17 bits per heavy atom. The molecule has 4 aromatic rings. The smallest absolute Gasteiger partial charge is 0.262 e. The number of halogens is 1. The number of hydrogen-bond acceptors (Lipinski definition) is 6. The molecule has 8 heteroatoms. The van der Waals surface area contributed by atoms with Crippen molar-refractivity contribution in [2.45, 2.75) is 24.4 Å². The maximum Gasteiger partial charge on any atom is 0.262 e. The zero-order chi connectivity index (χ0) is 21.1. The maximum atomic E-state index is 13.1. The fourth-order valence-electron chi connectivity index (χ4n) is 3.06. The van der Waals surface area contributed by atoms with Gasteiger partial charge in [-0.25, -0.2) is 9.97 Å². The Morgan fingerprint density at radius 2 is 1.97 bits per heavy atom. The van der Waals surface area contributed by atoms with Crippen molar-refractivity contribution >= 4 is 38.6 Å². The van der Waals surface area contributed by atoms with Crippen molar-refractivity contribution in [1.82, 2.24) is 14.5 Å². The number of aryl methyl sites for hydroxylation is 1. The topological polar surface area (TPSA) is 70.2 Å². The minimum atomic E-state index is -0.0808. The summed E-state index contributed by atoms with van der Waals surface area (Å²) in [5, 5.41) is 1.21. The summed E-state index contributed by atoms with van der Waals surface area (Å²) in [6.07, 6.45) is 0. The molecule has 0 fully saturated rings. The minimum absolute atomic E-state index is 0.0808. The highest BCUT2D eigenvalue weighted by Crippen LogP contribution is 2.27. The van der Waals surface area contributed by atoms with Crippen molar-refractivity contribution in [2.75, 3.05) is 13.7 Å². The van der Waals surface area contributed by atoms with Gasteiger partial charge >= 0.3 is 0 Å². The molecule has 6 nitrogen and oxygen atoms in total. The lowest BCUT2D eigenvalue weighted by atomic mass is 10.2. The summed E-state index contributed by atoms with van der Waals surface area (Å²) in [5.41, 5.74) is 2.36. The SMILES string of the molecule is COCCn1c(SCc2nc(-c3ccccc3)oc2C)nc2ccc(Br)cc2c1=O. The zero-order valence-electron chi connectivity index (χ0n) is 16.6. The number of rotatable bonds is 7. The molecule has 0 N–H and O–H groups in total.